The molecule has 1 aliphatic heterocycles. The molecule has 0 spiro atoms. The molecule has 0 unspecified atom stereocenters. The van der Waals surface area contributed by atoms with Crippen molar-refractivity contribution in [2.24, 2.45) is 5.73 Å². The van der Waals surface area contributed by atoms with Crippen LogP contribution in [-0.2, 0) is 20.8 Å². The number of nitrogens with zero attached hydrogens (tertiary/aromatic N) is 2. The minimum Gasteiger partial charge on any atom is -0.475 e. The number of halogens is 3. The molecule has 1 saturated heterocycles. The number of anilines is 1. The van der Waals surface area contributed by atoms with Gasteiger partial charge in [-0.3, -0.25) is 9.59 Å². The molecule has 12 heteroatoms. The van der Waals surface area contributed by atoms with Crippen LogP contribution in [0.3, 0.4) is 0 Å². The van der Waals surface area contributed by atoms with Crippen LogP contribution in [0.25, 0.3) is 10.9 Å². The van der Waals surface area contributed by atoms with Crippen molar-refractivity contribution in [3.63, 3.8) is 0 Å². The first-order valence-electron chi connectivity index (χ1n) is 9.57. The summed E-state index contributed by atoms with van der Waals surface area (Å²) in [6.07, 6.45) is -1.33. The highest BCUT2D eigenvalue weighted by molar-refractivity contribution is 5.94. The Balaban J connectivity index is 0.000000451. The van der Waals surface area contributed by atoms with Crippen molar-refractivity contribution in [3.05, 3.63) is 30.0 Å². The number of carboxylic acids is 1. The number of rotatable bonds is 4. The summed E-state index contributed by atoms with van der Waals surface area (Å²) in [5.74, 6) is -3.08. The number of amides is 2. The zero-order valence-corrected chi connectivity index (χ0v) is 17.1. The van der Waals surface area contributed by atoms with Crippen molar-refractivity contribution < 1.29 is 32.7 Å². The summed E-state index contributed by atoms with van der Waals surface area (Å²) in [6, 6.07) is 6.67. The molecule has 32 heavy (non-hydrogen) atoms. The van der Waals surface area contributed by atoms with Gasteiger partial charge in [-0.05, 0) is 43.0 Å². The van der Waals surface area contributed by atoms with Gasteiger partial charge in [0.15, 0.2) is 0 Å². The summed E-state index contributed by atoms with van der Waals surface area (Å²) in [4.78, 5) is 37.4. The highest BCUT2D eigenvalue weighted by Gasteiger charge is 2.38. The first kappa shape index (κ1) is 24.7. The Labute approximate surface area is 181 Å². The summed E-state index contributed by atoms with van der Waals surface area (Å²) in [6.45, 7) is 2.05. The quantitative estimate of drug-likeness (QED) is 0.557. The molecule has 0 bridgehead atoms. The third kappa shape index (κ3) is 6.21. The van der Waals surface area contributed by atoms with E-state index >= 15 is 0 Å². The van der Waals surface area contributed by atoms with Crippen molar-refractivity contribution in [2.45, 2.75) is 44.4 Å². The van der Waals surface area contributed by atoms with E-state index in [1.54, 1.807) is 4.90 Å². The van der Waals surface area contributed by atoms with Crippen LogP contribution in [0.1, 0.15) is 25.3 Å². The van der Waals surface area contributed by atoms with E-state index in [2.05, 4.69) is 16.4 Å². The Kier molecular flexibility index (Phi) is 7.82. The molecular weight excluding hydrogens is 431 g/mol. The van der Waals surface area contributed by atoms with Crippen molar-refractivity contribution in [1.82, 2.24) is 9.88 Å². The Hall–Kier alpha value is -3.59. The Bertz CT molecular complexity index is 1040. The van der Waals surface area contributed by atoms with E-state index in [-0.39, 0.29) is 17.9 Å². The lowest BCUT2D eigenvalue weighted by atomic mass is 10.0. The smallest absolute Gasteiger partial charge is 0.475 e. The van der Waals surface area contributed by atoms with Gasteiger partial charge in [-0.1, -0.05) is 0 Å². The highest BCUT2D eigenvalue weighted by Crippen LogP contribution is 2.24. The number of hydrogen-bond acceptors (Lipinski definition) is 5. The summed E-state index contributed by atoms with van der Waals surface area (Å²) >= 11 is 0. The molecule has 1 aliphatic rings. The number of carbonyl (C=O) groups excluding carboxylic acids is 2. The maximum absolute atomic E-state index is 12.6. The van der Waals surface area contributed by atoms with E-state index in [0.29, 0.717) is 25.1 Å². The molecule has 1 aromatic carbocycles. The number of hydrogen-bond donors (Lipinski definition) is 4. The summed E-state index contributed by atoms with van der Waals surface area (Å²) in [5, 5.41) is 19.9. The van der Waals surface area contributed by atoms with Crippen LogP contribution >= 0.6 is 0 Å². The monoisotopic (exact) mass is 453 g/mol. The van der Waals surface area contributed by atoms with Gasteiger partial charge in [0.1, 0.15) is 6.04 Å². The van der Waals surface area contributed by atoms with Crippen LogP contribution in [0.2, 0.25) is 0 Å². The number of likely N-dealkylation sites (tertiary alicyclic amines) is 1. The van der Waals surface area contributed by atoms with Crippen LogP contribution in [-0.4, -0.2) is 57.6 Å². The van der Waals surface area contributed by atoms with Crippen LogP contribution < -0.4 is 11.1 Å². The van der Waals surface area contributed by atoms with Crippen LogP contribution in [0.4, 0.5) is 18.9 Å². The standard InChI is InChI=1S/C18H21N5O2.C2HF3O2/c1-11(24)22-13-4-5-17-15(8-13)12(10-21-17)7-16(20)18(25)23-6-2-3-14(23)9-19;3-2(4,5)1(6)7/h4-5,8,10,14,16,21H,2-3,6-7,20H2,1H3,(H,22,24);(H,6,7)/t14-,16-;/m0./s1. The first-order valence-corrected chi connectivity index (χ1v) is 9.57. The topological polar surface area (TPSA) is 152 Å². The fourth-order valence-corrected chi connectivity index (χ4v) is 3.33. The second-order valence-electron chi connectivity index (χ2n) is 7.19. The van der Waals surface area contributed by atoms with Gasteiger partial charge in [0, 0.05) is 36.3 Å². The molecule has 0 radical (unpaired) electrons. The number of carbonyl (C=O) groups is 3. The van der Waals surface area contributed by atoms with Gasteiger partial charge in [-0.15, -0.1) is 0 Å². The maximum atomic E-state index is 12.6. The second-order valence-corrected chi connectivity index (χ2v) is 7.19. The van der Waals surface area contributed by atoms with Gasteiger partial charge in [0.2, 0.25) is 11.8 Å². The number of H-pyrrole nitrogens is 1. The number of aliphatic carboxylic acids is 1. The number of nitrogens with two attached hydrogens (primary N) is 1. The first-order chi connectivity index (χ1) is 14.9. The van der Waals surface area contributed by atoms with Crippen LogP contribution in [0, 0.1) is 11.3 Å². The summed E-state index contributed by atoms with van der Waals surface area (Å²) in [5.41, 5.74) is 8.66. The molecule has 2 atom stereocenters. The van der Waals surface area contributed by atoms with E-state index in [0.717, 1.165) is 22.9 Å². The molecule has 2 aromatic rings. The van der Waals surface area contributed by atoms with Gasteiger partial charge < -0.3 is 26.0 Å². The predicted octanol–water partition coefficient (Wildman–Crippen LogP) is 2.14. The molecule has 0 saturated carbocycles. The van der Waals surface area contributed by atoms with Gasteiger partial charge >= 0.3 is 12.1 Å². The van der Waals surface area contributed by atoms with Crippen LogP contribution in [0.5, 0.6) is 0 Å². The average molecular weight is 453 g/mol. The minimum absolute atomic E-state index is 0.139. The molecule has 5 N–H and O–H groups in total. The highest BCUT2D eigenvalue weighted by atomic mass is 19.4. The molecule has 2 heterocycles. The zero-order valence-electron chi connectivity index (χ0n) is 17.1. The summed E-state index contributed by atoms with van der Waals surface area (Å²) in [7, 11) is 0. The van der Waals surface area contributed by atoms with E-state index in [1.807, 2.05) is 24.4 Å². The number of benzene rings is 1. The lowest BCUT2D eigenvalue weighted by Gasteiger charge is -2.23. The number of aromatic amines is 1. The number of nitriles is 1. The van der Waals surface area contributed by atoms with Crippen molar-refractivity contribution in [1.29, 1.82) is 5.26 Å². The maximum Gasteiger partial charge on any atom is 0.490 e. The van der Waals surface area contributed by atoms with E-state index < -0.39 is 18.2 Å². The zero-order chi connectivity index (χ0) is 24.1. The molecule has 1 aromatic heterocycles. The Morgan fingerprint density at radius 1 is 1.41 bits per heavy atom. The molecule has 1 fully saturated rings. The number of fused-ring (bicyclic) bond motifs is 1. The SMILES string of the molecule is CC(=O)Nc1ccc2[nH]cc(C[C@H](N)C(=O)N3CCC[C@H]3C#N)c2c1.O=C(O)C(F)(F)F. The average Bonchev–Trinajstić information content (AvgIpc) is 3.33. The molecule has 3 rings (SSSR count). The lowest BCUT2D eigenvalue weighted by molar-refractivity contribution is -0.192. The second kappa shape index (κ2) is 10.1. The predicted molar refractivity (Wildman–Crippen MR) is 108 cm³/mol. The number of alkyl halides is 3. The largest absolute Gasteiger partial charge is 0.490 e. The number of carboxylic acid groups (broad SMARTS) is 1. The van der Waals surface area contributed by atoms with Gasteiger partial charge in [0.25, 0.3) is 0 Å². The van der Waals surface area contributed by atoms with E-state index in [9.17, 15) is 22.8 Å². The lowest BCUT2D eigenvalue weighted by Crippen LogP contribution is -2.46. The summed E-state index contributed by atoms with van der Waals surface area (Å²) < 4.78 is 31.7. The van der Waals surface area contributed by atoms with Crippen molar-refractivity contribution in [3.8, 4) is 6.07 Å². The van der Waals surface area contributed by atoms with Crippen molar-refractivity contribution in [2.75, 3.05) is 11.9 Å². The van der Waals surface area contributed by atoms with Crippen molar-refractivity contribution >= 4 is 34.4 Å². The minimum atomic E-state index is -5.08. The third-order valence-electron chi connectivity index (χ3n) is 4.77. The Morgan fingerprint density at radius 3 is 2.62 bits per heavy atom. The number of nitrogens with one attached hydrogen (secondary N) is 2. The Morgan fingerprint density at radius 2 is 2.06 bits per heavy atom. The molecular formula is C20H22F3N5O4. The number of aromatic nitrogens is 1. The fourth-order valence-electron chi connectivity index (χ4n) is 3.33. The van der Waals surface area contributed by atoms with E-state index in [4.69, 9.17) is 20.9 Å². The van der Waals surface area contributed by atoms with Gasteiger partial charge in [-0.25, -0.2) is 4.79 Å². The fraction of sp³-hybridized carbons (Fsp3) is 0.400. The molecule has 172 valence electrons. The van der Waals surface area contributed by atoms with E-state index in [1.165, 1.54) is 6.92 Å². The third-order valence-corrected chi connectivity index (χ3v) is 4.77. The normalized spacial score (nSPS) is 16.6. The molecule has 9 nitrogen and oxygen atoms in total. The molecule has 2 amide bonds. The molecule has 0 aliphatic carbocycles. The van der Waals surface area contributed by atoms with Crippen LogP contribution in [0.15, 0.2) is 24.4 Å². The van der Waals surface area contributed by atoms with Gasteiger partial charge in [-0.2, -0.15) is 18.4 Å². The van der Waals surface area contributed by atoms with Gasteiger partial charge in [0.05, 0.1) is 12.1 Å².